The third-order valence-corrected chi connectivity index (χ3v) is 4.26. The minimum Gasteiger partial charge on any atom is -0.493 e. The van der Waals surface area contributed by atoms with Gasteiger partial charge in [0.2, 0.25) is 5.91 Å². The van der Waals surface area contributed by atoms with Crippen molar-refractivity contribution in [3.05, 3.63) is 24.3 Å². The Morgan fingerprint density at radius 2 is 2.00 bits per heavy atom. The highest BCUT2D eigenvalue weighted by atomic mass is 16.5. The zero-order valence-electron chi connectivity index (χ0n) is 14.3. The van der Waals surface area contributed by atoms with Gasteiger partial charge in [0.15, 0.2) is 11.5 Å². The van der Waals surface area contributed by atoms with Crippen molar-refractivity contribution in [3.8, 4) is 11.5 Å². The van der Waals surface area contributed by atoms with Crippen LogP contribution in [0, 0.1) is 0 Å². The quantitative estimate of drug-likeness (QED) is 0.756. The van der Waals surface area contributed by atoms with Gasteiger partial charge in [0.25, 0.3) is 0 Å². The standard InChI is InChI=1S/C17H26N2O4/c1-18(17(20)14-11-13(21-3)12-19(14)2)9-10-23-16-8-6-5-7-15(16)22-4/h5-8,13-14H,9-12H2,1-4H3/t13-,14-/m0/s1. The lowest BCUT2D eigenvalue weighted by Gasteiger charge is -2.25. The highest BCUT2D eigenvalue weighted by molar-refractivity contribution is 5.82. The smallest absolute Gasteiger partial charge is 0.239 e. The van der Waals surface area contributed by atoms with Gasteiger partial charge in [0.1, 0.15) is 6.61 Å². The molecule has 1 saturated heterocycles. The van der Waals surface area contributed by atoms with Crippen LogP contribution in [0.5, 0.6) is 11.5 Å². The number of hydrogen-bond donors (Lipinski definition) is 0. The zero-order valence-corrected chi connectivity index (χ0v) is 14.3. The van der Waals surface area contributed by atoms with Gasteiger partial charge in [-0.1, -0.05) is 12.1 Å². The maximum Gasteiger partial charge on any atom is 0.239 e. The largest absolute Gasteiger partial charge is 0.493 e. The number of methoxy groups -OCH3 is 2. The topological polar surface area (TPSA) is 51.2 Å². The first-order chi connectivity index (χ1) is 11.1. The summed E-state index contributed by atoms with van der Waals surface area (Å²) in [5.74, 6) is 1.49. The third-order valence-electron chi connectivity index (χ3n) is 4.26. The summed E-state index contributed by atoms with van der Waals surface area (Å²) >= 11 is 0. The van der Waals surface area contributed by atoms with Gasteiger partial charge in [-0.2, -0.15) is 0 Å². The molecule has 0 radical (unpaired) electrons. The van der Waals surface area contributed by atoms with Crippen molar-refractivity contribution in [1.82, 2.24) is 9.80 Å². The molecule has 0 spiro atoms. The number of likely N-dealkylation sites (tertiary alicyclic amines) is 1. The Kier molecular flexibility index (Phi) is 6.24. The second-order valence-electron chi connectivity index (χ2n) is 5.81. The minimum absolute atomic E-state index is 0.107. The Morgan fingerprint density at radius 1 is 1.30 bits per heavy atom. The van der Waals surface area contributed by atoms with Crippen LogP contribution in [0.1, 0.15) is 6.42 Å². The first-order valence-electron chi connectivity index (χ1n) is 7.80. The molecule has 0 aliphatic carbocycles. The van der Waals surface area contributed by atoms with E-state index in [4.69, 9.17) is 14.2 Å². The Hall–Kier alpha value is -1.79. The predicted octanol–water partition coefficient (Wildman–Crippen LogP) is 1.25. The third kappa shape index (κ3) is 4.36. The van der Waals surface area contributed by atoms with E-state index in [1.54, 1.807) is 19.1 Å². The van der Waals surface area contributed by atoms with Crippen LogP contribution in [0.15, 0.2) is 24.3 Å². The van der Waals surface area contributed by atoms with E-state index in [0.29, 0.717) is 24.7 Å². The molecule has 1 aromatic carbocycles. The summed E-state index contributed by atoms with van der Waals surface area (Å²) in [6.07, 6.45) is 0.871. The summed E-state index contributed by atoms with van der Waals surface area (Å²) < 4.78 is 16.3. The summed E-state index contributed by atoms with van der Waals surface area (Å²) in [6, 6.07) is 7.38. The van der Waals surface area contributed by atoms with Crippen molar-refractivity contribution < 1.29 is 19.0 Å². The molecule has 6 heteroatoms. The fraction of sp³-hybridized carbons (Fsp3) is 0.588. The molecule has 2 rings (SSSR count). The fourth-order valence-corrected chi connectivity index (χ4v) is 2.81. The van der Waals surface area contributed by atoms with Gasteiger partial charge in [-0.25, -0.2) is 0 Å². The van der Waals surface area contributed by atoms with Gasteiger partial charge in [-0.05, 0) is 25.6 Å². The molecule has 1 heterocycles. The summed E-state index contributed by atoms with van der Waals surface area (Å²) in [5.41, 5.74) is 0. The molecule has 6 nitrogen and oxygen atoms in total. The van der Waals surface area contributed by atoms with Crippen LogP contribution in [0.4, 0.5) is 0 Å². The predicted molar refractivity (Wildman–Crippen MR) is 88.0 cm³/mol. The van der Waals surface area contributed by atoms with E-state index in [1.807, 2.05) is 43.3 Å². The van der Waals surface area contributed by atoms with Crippen LogP contribution in [0.3, 0.4) is 0 Å². The van der Waals surface area contributed by atoms with E-state index in [9.17, 15) is 4.79 Å². The van der Waals surface area contributed by atoms with Gasteiger partial charge in [0.05, 0.1) is 25.8 Å². The minimum atomic E-state index is -0.115. The lowest BCUT2D eigenvalue weighted by Crippen LogP contribution is -2.43. The molecule has 0 unspecified atom stereocenters. The second kappa shape index (κ2) is 8.17. The second-order valence-corrected chi connectivity index (χ2v) is 5.81. The molecule has 1 amide bonds. The molecule has 0 N–H and O–H groups in total. The summed E-state index contributed by atoms with van der Waals surface area (Å²) in [4.78, 5) is 16.3. The van der Waals surface area contributed by atoms with Gasteiger partial charge in [-0.15, -0.1) is 0 Å². The maximum absolute atomic E-state index is 12.5. The van der Waals surface area contributed by atoms with Gasteiger partial charge < -0.3 is 19.1 Å². The van der Waals surface area contributed by atoms with Gasteiger partial charge in [0, 0.05) is 20.7 Å². The molecule has 1 aliphatic heterocycles. The van der Waals surface area contributed by atoms with E-state index in [1.165, 1.54) is 0 Å². The number of ether oxygens (including phenoxy) is 3. The molecule has 1 aromatic rings. The maximum atomic E-state index is 12.5. The molecule has 1 fully saturated rings. The Balaban J connectivity index is 1.82. The van der Waals surface area contributed by atoms with E-state index in [0.717, 1.165) is 13.0 Å². The lowest BCUT2D eigenvalue weighted by atomic mass is 10.2. The van der Waals surface area contributed by atoms with E-state index in [2.05, 4.69) is 0 Å². The van der Waals surface area contributed by atoms with Crippen molar-refractivity contribution >= 4 is 5.91 Å². The monoisotopic (exact) mass is 322 g/mol. The molecule has 23 heavy (non-hydrogen) atoms. The first-order valence-corrected chi connectivity index (χ1v) is 7.80. The summed E-state index contributed by atoms with van der Waals surface area (Å²) in [7, 11) is 7.07. The highest BCUT2D eigenvalue weighted by Gasteiger charge is 2.35. The molecule has 1 aliphatic rings. The lowest BCUT2D eigenvalue weighted by molar-refractivity contribution is -0.134. The molecule has 0 saturated carbocycles. The molecule has 128 valence electrons. The fourth-order valence-electron chi connectivity index (χ4n) is 2.81. The average molecular weight is 322 g/mol. The van der Waals surface area contributed by atoms with E-state index < -0.39 is 0 Å². The molecule has 0 bridgehead atoms. The Morgan fingerprint density at radius 3 is 2.61 bits per heavy atom. The SMILES string of the molecule is COc1ccccc1OCCN(C)C(=O)[C@@H]1C[C@H](OC)CN1C. The Bertz CT molecular complexity index is 523. The van der Waals surface area contributed by atoms with E-state index in [-0.39, 0.29) is 18.1 Å². The molecular formula is C17H26N2O4. The number of para-hydroxylation sites is 2. The van der Waals surface area contributed by atoms with Crippen LogP contribution in [-0.4, -0.2) is 75.9 Å². The Labute approximate surface area is 137 Å². The molecular weight excluding hydrogens is 296 g/mol. The van der Waals surface area contributed by atoms with Crippen LogP contribution >= 0.6 is 0 Å². The van der Waals surface area contributed by atoms with Crippen LogP contribution < -0.4 is 9.47 Å². The van der Waals surface area contributed by atoms with E-state index >= 15 is 0 Å². The normalized spacial score (nSPS) is 21.2. The van der Waals surface area contributed by atoms with Crippen LogP contribution in [-0.2, 0) is 9.53 Å². The zero-order chi connectivity index (χ0) is 16.8. The number of rotatable bonds is 7. The number of carbonyl (C=O) groups excluding carboxylic acids is 1. The summed E-state index contributed by atoms with van der Waals surface area (Å²) in [5, 5.41) is 0. The van der Waals surface area contributed by atoms with Crippen molar-refractivity contribution in [1.29, 1.82) is 0 Å². The number of carbonyl (C=O) groups is 1. The molecule has 2 atom stereocenters. The van der Waals surface area contributed by atoms with Crippen molar-refractivity contribution in [2.75, 3.05) is 48.0 Å². The van der Waals surface area contributed by atoms with Crippen molar-refractivity contribution in [2.45, 2.75) is 18.6 Å². The highest BCUT2D eigenvalue weighted by Crippen LogP contribution is 2.25. The van der Waals surface area contributed by atoms with Crippen molar-refractivity contribution in [2.24, 2.45) is 0 Å². The van der Waals surface area contributed by atoms with Crippen LogP contribution in [0.25, 0.3) is 0 Å². The van der Waals surface area contributed by atoms with Crippen molar-refractivity contribution in [3.63, 3.8) is 0 Å². The number of likely N-dealkylation sites (N-methyl/N-ethyl adjacent to an activating group) is 2. The van der Waals surface area contributed by atoms with Gasteiger partial charge >= 0.3 is 0 Å². The first kappa shape index (κ1) is 17.6. The number of benzene rings is 1. The summed E-state index contributed by atoms with van der Waals surface area (Å²) in [6.45, 7) is 1.74. The average Bonchev–Trinajstić information content (AvgIpc) is 2.95. The van der Waals surface area contributed by atoms with Gasteiger partial charge in [-0.3, -0.25) is 9.69 Å². The van der Waals surface area contributed by atoms with Crippen LogP contribution in [0.2, 0.25) is 0 Å². The number of nitrogens with zero attached hydrogens (tertiary/aromatic N) is 2. The number of hydrogen-bond acceptors (Lipinski definition) is 5. The number of amides is 1. The molecule has 0 aromatic heterocycles.